The van der Waals surface area contributed by atoms with Crippen molar-refractivity contribution in [3.63, 3.8) is 0 Å². The lowest BCUT2D eigenvalue weighted by molar-refractivity contribution is -0.0778. The van der Waals surface area contributed by atoms with E-state index in [1.54, 1.807) is 0 Å². The topological polar surface area (TPSA) is 18.5 Å². The van der Waals surface area contributed by atoms with Gasteiger partial charge in [0.05, 0.1) is 0 Å². The Kier molecular flexibility index (Phi) is 4.17. The molecular weight excluding hydrogens is 260 g/mol. The zero-order valence-corrected chi connectivity index (χ0v) is 12.0. The molecule has 0 aromatic heterocycles. The van der Waals surface area contributed by atoms with Crippen molar-refractivity contribution in [2.24, 2.45) is 0 Å². The number of fused-ring (bicyclic) bond motifs is 1. The fraction of sp³-hybridized carbons (Fsp3) is 0.158. The van der Waals surface area contributed by atoms with Gasteiger partial charge in [-0.3, -0.25) is 0 Å². The summed E-state index contributed by atoms with van der Waals surface area (Å²) in [6, 6.07) is 24.3. The minimum absolute atomic E-state index is 0.387. The average Bonchev–Trinajstić information content (AvgIpc) is 2.55. The van der Waals surface area contributed by atoms with Crippen LogP contribution in [0.1, 0.15) is 18.8 Å². The summed E-state index contributed by atoms with van der Waals surface area (Å²) in [4.78, 5) is 0. The van der Waals surface area contributed by atoms with Gasteiger partial charge in [-0.15, -0.1) is 0 Å². The SMILES string of the molecule is CCOC(Oc1cccc2ccccc12)c1ccccc1. The van der Waals surface area contributed by atoms with Crippen molar-refractivity contribution in [3.8, 4) is 5.75 Å². The van der Waals surface area contributed by atoms with Gasteiger partial charge in [-0.1, -0.05) is 66.7 Å². The Bertz CT molecular complexity index is 702. The summed E-state index contributed by atoms with van der Waals surface area (Å²) < 4.78 is 11.9. The van der Waals surface area contributed by atoms with Gasteiger partial charge < -0.3 is 9.47 Å². The van der Waals surface area contributed by atoms with Crippen molar-refractivity contribution >= 4 is 10.8 Å². The summed E-state index contributed by atoms with van der Waals surface area (Å²) in [5.74, 6) is 0.843. The molecule has 0 aliphatic carbocycles. The highest BCUT2D eigenvalue weighted by Crippen LogP contribution is 2.30. The Labute approximate surface area is 124 Å². The number of hydrogen-bond acceptors (Lipinski definition) is 2. The monoisotopic (exact) mass is 278 g/mol. The van der Waals surface area contributed by atoms with Gasteiger partial charge >= 0.3 is 0 Å². The highest BCUT2D eigenvalue weighted by Gasteiger charge is 2.14. The summed E-state index contributed by atoms with van der Waals surface area (Å²) >= 11 is 0. The van der Waals surface area contributed by atoms with Gasteiger partial charge in [0.25, 0.3) is 0 Å². The van der Waals surface area contributed by atoms with E-state index in [2.05, 4.69) is 18.2 Å². The van der Waals surface area contributed by atoms with Crippen LogP contribution in [0.15, 0.2) is 72.8 Å². The van der Waals surface area contributed by atoms with E-state index in [9.17, 15) is 0 Å². The van der Waals surface area contributed by atoms with E-state index < -0.39 is 0 Å². The minimum Gasteiger partial charge on any atom is -0.460 e. The van der Waals surface area contributed by atoms with E-state index in [1.165, 1.54) is 5.39 Å². The molecule has 0 N–H and O–H groups in total. The molecule has 0 saturated carbocycles. The highest BCUT2D eigenvalue weighted by molar-refractivity contribution is 5.88. The fourth-order valence-electron chi connectivity index (χ4n) is 2.37. The largest absolute Gasteiger partial charge is 0.460 e. The molecule has 3 aromatic carbocycles. The number of benzene rings is 3. The summed E-state index contributed by atoms with van der Waals surface area (Å²) in [6.45, 7) is 2.58. The van der Waals surface area contributed by atoms with Crippen LogP contribution in [0.25, 0.3) is 10.8 Å². The average molecular weight is 278 g/mol. The fourth-order valence-corrected chi connectivity index (χ4v) is 2.37. The van der Waals surface area contributed by atoms with Crippen LogP contribution in [0.4, 0.5) is 0 Å². The van der Waals surface area contributed by atoms with Crippen molar-refractivity contribution < 1.29 is 9.47 Å². The lowest BCUT2D eigenvalue weighted by Crippen LogP contribution is -2.12. The van der Waals surface area contributed by atoms with E-state index in [0.717, 1.165) is 16.7 Å². The van der Waals surface area contributed by atoms with Crippen LogP contribution in [0, 0.1) is 0 Å². The van der Waals surface area contributed by atoms with Gasteiger partial charge in [0.1, 0.15) is 5.75 Å². The van der Waals surface area contributed by atoms with Crippen molar-refractivity contribution in [1.29, 1.82) is 0 Å². The maximum atomic E-state index is 6.13. The predicted molar refractivity (Wildman–Crippen MR) is 85.4 cm³/mol. The molecule has 0 saturated heterocycles. The third kappa shape index (κ3) is 3.06. The molecular formula is C19H18O2. The standard InChI is InChI=1S/C19H18O2/c1-2-20-19(16-10-4-3-5-11-16)21-18-14-8-12-15-9-6-7-13-17(15)18/h3-14,19H,2H2,1H3. The number of rotatable bonds is 5. The molecule has 21 heavy (non-hydrogen) atoms. The molecule has 0 fully saturated rings. The van der Waals surface area contributed by atoms with Crippen LogP contribution >= 0.6 is 0 Å². The van der Waals surface area contributed by atoms with Gasteiger partial charge in [-0.25, -0.2) is 0 Å². The van der Waals surface area contributed by atoms with Gasteiger partial charge in [-0.05, 0) is 18.4 Å². The van der Waals surface area contributed by atoms with E-state index in [-0.39, 0.29) is 6.29 Å². The van der Waals surface area contributed by atoms with Gasteiger partial charge in [0.2, 0.25) is 6.29 Å². The number of ether oxygens (including phenoxy) is 2. The Morgan fingerprint density at radius 3 is 2.33 bits per heavy atom. The molecule has 0 heterocycles. The van der Waals surface area contributed by atoms with Crippen LogP contribution in [-0.4, -0.2) is 6.61 Å². The van der Waals surface area contributed by atoms with Crippen molar-refractivity contribution in [2.45, 2.75) is 13.2 Å². The maximum Gasteiger partial charge on any atom is 0.226 e. The number of hydrogen-bond donors (Lipinski definition) is 0. The molecule has 0 radical (unpaired) electrons. The van der Waals surface area contributed by atoms with E-state index in [4.69, 9.17) is 9.47 Å². The molecule has 3 rings (SSSR count). The molecule has 106 valence electrons. The van der Waals surface area contributed by atoms with E-state index >= 15 is 0 Å². The lowest BCUT2D eigenvalue weighted by atomic mass is 10.1. The molecule has 0 amide bonds. The summed E-state index contributed by atoms with van der Waals surface area (Å²) in [6.07, 6.45) is -0.387. The van der Waals surface area contributed by atoms with E-state index in [0.29, 0.717) is 6.61 Å². The van der Waals surface area contributed by atoms with Crippen LogP contribution in [0.2, 0.25) is 0 Å². The van der Waals surface area contributed by atoms with Gasteiger partial charge in [-0.2, -0.15) is 0 Å². The molecule has 1 unspecified atom stereocenters. The summed E-state index contributed by atoms with van der Waals surface area (Å²) in [7, 11) is 0. The molecule has 2 nitrogen and oxygen atoms in total. The van der Waals surface area contributed by atoms with Crippen LogP contribution < -0.4 is 4.74 Å². The molecule has 1 atom stereocenters. The molecule has 2 heteroatoms. The smallest absolute Gasteiger partial charge is 0.226 e. The summed E-state index contributed by atoms with van der Waals surface area (Å²) in [5.41, 5.74) is 1.02. The maximum absolute atomic E-state index is 6.13. The first kappa shape index (κ1) is 13.7. The van der Waals surface area contributed by atoms with Gasteiger partial charge in [0.15, 0.2) is 0 Å². The zero-order valence-electron chi connectivity index (χ0n) is 12.0. The van der Waals surface area contributed by atoms with Crippen molar-refractivity contribution in [3.05, 3.63) is 78.4 Å². The highest BCUT2D eigenvalue weighted by atomic mass is 16.7. The van der Waals surface area contributed by atoms with Gasteiger partial charge in [0, 0.05) is 17.6 Å². The van der Waals surface area contributed by atoms with Crippen LogP contribution in [0.3, 0.4) is 0 Å². The second kappa shape index (κ2) is 6.42. The zero-order chi connectivity index (χ0) is 14.5. The first-order valence-electron chi connectivity index (χ1n) is 7.19. The third-order valence-electron chi connectivity index (χ3n) is 3.37. The molecule has 0 aliphatic heterocycles. The van der Waals surface area contributed by atoms with Crippen LogP contribution in [0.5, 0.6) is 5.75 Å². The first-order valence-corrected chi connectivity index (χ1v) is 7.19. The Hall–Kier alpha value is -2.32. The Morgan fingerprint density at radius 2 is 1.52 bits per heavy atom. The first-order chi connectivity index (χ1) is 10.4. The minimum atomic E-state index is -0.387. The van der Waals surface area contributed by atoms with Crippen molar-refractivity contribution in [1.82, 2.24) is 0 Å². The summed E-state index contributed by atoms with van der Waals surface area (Å²) in [5, 5.41) is 2.26. The predicted octanol–water partition coefficient (Wildman–Crippen LogP) is 4.95. The third-order valence-corrected chi connectivity index (χ3v) is 3.37. The second-order valence-electron chi connectivity index (χ2n) is 4.79. The van der Waals surface area contributed by atoms with E-state index in [1.807, 2.05) is 61.5 Å². The quantitative estimate of drug-likeness (QED) is 0.614. The lowest BCUT2D eigenvalue weighted by Gasteiger charge is -2.20. The second-order valence-corrected chi connectivity index (χ2v) is 4.79. The van der Waals surface area contributed by atoms with Crippen LogP contribution in [-0.2, 0) is 4.74 Å². The normalized spacial score (nSPS) is 12.2. The molecule has 0 aliphatic rings. The van der Waals surface area contributed by atoms with Crippen molar-refractivity contribution in [2.75, 3.05) is 6.61 Å². The Balaban J connectivity index is 1.95. The molecule has 0 spiro atoms. The molecule has 0 bridgehead atoms. The Morgan fingerprint density at radius 1 is 0.810 bits per heavy atom. The molecule has 3 aromatic rings.